The van der Waals surface area contributed by atoms with Crippen LogP contribution in [0.25, 0.3) is 0 Å². The van der Waals surface area contributed by atoms with Crippen LogP contribution in [-0.2, 0) is 27.2 Å². The van der Waals surface area contributed by atoms with Crippen LogP contribution in [0.4, 0.5) is 0 Å². The zero-order chi connectivity index (χ0) is 32.7. The number of methoxy groups -OCH3 is 2. The molecule has 0 spiro atoms. The Hall–Kier alpha value is -5.06. The van der Waals surface area contributed by atoms with Gasteiger partial charge in [0.05, 0.1) is 26.4 Å². The number of hydrogen-bond acceptors (Lipinski definition) is 7. The summed E-state index contributed by atoms with van der Waals surface area (Å²) in [4.78, 5) is 52.9. The average Bonchev–Trinajstić information content (AvgIpc) is 3.07. The van der Waals surface area contributed by atoms with Crippen molar-refractivity contribution in [1.29, 1.82) is 0 Å². The molecule has 4 N–H and O–H groups in total. The van der Waals surface area contributed by atoms with Gasteiger partial charge in [-0.3, -0.25) is 19.2 Å². The summed E-state index contributed by atoms with van der Waals surface area (Å²) in [5.74, 6) is 0.0407. The van der Waals surface area contributed by atoms with Crippen molar-refractivity contribution in [2.75, 3.05) is 33.9 Å². The van der Waals surface area contributed by atoms with Crippen molar-refractivity contribution in [2.24, 2.45) is 0 Å². The second kappa shape index (κ2) is 17.4. The number of nitrogens with one attached hydrogen (secondary N) is 4. The van der Waals surface area contributed by atoms with E-state index in [1.54, 1.807) is 38.5 Å². The van der Waals surface area contributed by atoms with Crippen molar-refractivity contribution in [3.05, 3.63) is 89.5 Å². The molecule has 1 heterocycles. The molecule has 4 rings (SSSR count). The summed E-state index contributed by atoms with van der Waals surface area (Å²) >= 11 is 0. The summed E-state index contributed by atoms with van der Waals surface area (Å²) in [6.45, 7) is 0.942. The monoisotopic (exact) mass is 630 g/mol. The van der Waals surface area contributed by atoms with E-state index in [0.717, 1.165) is 11.1 Å². The minimum atomic E-state index is -0.998. The topological polar surface area (TPSA) is 144 Å². The van der Waals surface area contributed by atoms with Crippen LogP contribution < -0.4 is 35.5 Å². The number of amides is 4. The maximum atomic E-state index is 13.4. The number of carbonyl (C=O) groups excluding carboxylic acids is 4. The van der Waals surface area contributed by atoms with Gasteiger partial charge in [-0.25, -0.2) is 0 Å². The number of para-hydroxylation sites is 1. The number of fused-ring (bicyclic) bond motifs is 1. The van der Waals surface area contributed by atoms with Crippen LogP contribution in [0.5, 0.6) is 17.2 Å². The third-order valence-electron chi connectivity index (χ3n) is 7.62. The van der Waals surface area contributed by atoms with Gasteiger partial charge in [0, 0.05) is 25.9 Å². The lowest BCUT2D eigenvalue weighted by atomic mass is 10.0. The fourth-order valence-corrected chi connectivity index (χ4v) is 5.14. The fraction of sp³-hybridized carbons (Fsp3) is 0.371. The van der Waals surface area contributed by atoms with Gasteiger partial charge in [-0.2, -0.15) is 0 Å². The lowest BCUT2D eigenvalue weighted by molar-refractivity contribution is -0.129. The molecule has 244 valence electrons. The predicted molar refractivity (Wildman–Crippen MR) is 173 cm³/mol. The SMILES string of the molecule is COc1ccc(CCCNC(=O)[C@@H]2CCC(=O)NC(Cc3ccccc3)C(=O)NCCCOc3ccccc3C(=O)N2)cc1OC. The molecular formula is C35H42N4O7. The van der Waals surface area contributed by atoms with E-state index >= 15 is 0 Å². The van der Waals surface area contributed by atoms with Crippen LogP contribution in [0.15, 0.2) is 72.8 Å². The van der Waals surface area contributed by atoms with Gasteiger partial charge in [-0.05, 0) is 61.1 Å². The Balaban J connectivity index is 1.45. The molecule has 1 aliphatic rings. The molecule has 1 aliphatic heterocycles. The zero-order valence-corrected chi connectivity index (χ0v) is 26.3. The zero-order valence-electron chi connectivity index (χ0n) is 26.3. The highest BCUT2D eigenvalue weighted by molar-refractivity contribution is 5.99. The number of rotatable bonds is 9. The summed E-state index contributed by atoms with van der Waals surface area (Å²) < 4.78 is 16.6. The van der Waals surface area contributed by atoms with Gasteiger partial charge in [-0.1, -0.05) is 48.5 Å². The van der Waals surface area contributed by atoms with E-state index in [1.165, 1.54) is 0 Å². The number of aryl methyl sites for hydroxylation is 1. The molecule has 11 heteroatoms. The molecule has 1 unspecified atom stereocenters. The Kier molecular flexibility index (Phi) is 12.8. The first kappa shape index (κ1) is 33.8. The highest BCUT2D eigenvalue weighted by atomic mass is 16.5. The maximum Gasteiger partial charge on any atom is 0.255 e. The molecule has 4 amide bonds. The van der Waals surface area contributed by atoms with Gasteiger partial charge in [0.25, 0.3) is 5.91 Å². The Morgan fingerprint density at radius 3 is 2.46 bits per heavy atom. The molecule has 0 saturated heterocycles. The largest absolute Gasteiger partial charge is 0.493 e. The third kappa shape index (κ3) is 9.98. The van der Waals surface area contributed by atoms with Crippen LogP contribution in [0.2, 0.25) is 0 Å². The summed E-state index contributed by atoms with van der Waals surface area (Å²) in [5.41, 5.74) is 2.19. The lowest BCUT2D eigenvalue weighted by Gasteiger charge is -2.22. The van der Waals surface area contributed by atoms with Crippen LogP contribution in [-0.4, -0.2) is 69.6 Å². The van der Waals surface area contributed by atoms with E-state index in [2.05, 4.69) is 21.3 Å². The molecular weight excluding hydrogens is 588 g/mol. The van der Waals surface area contributed by atoms with E-state index in [1.807, 2.05) is 48.5 Å². The lowest BCUT2D eigenvalue weighted by Crippen LogP contribution is -2.50. The third-order valence-corrected chi connectivity index (χ3v) is 7.62. The van der Waals surface area contributed by atoms with Crippen LogP contribution in [0, 0.1) is 0 Å². The molecule has 0 aliphatic carbocycles. The highest BCUT2D eigenvalue weighted by Crippen LogP contribution is 2.28. The van der Waals surface area contributed by atoms with Crippen LogP contribution in [0.1, 0.15) is 47.2 Å². The predicted octanol–water partition coefficient (Wildman–Crippen LogP) is 2.96. The Morgan fingerprint density at radius 2 is 1.67 bits per heavy atom. The molecule has 0 aromatic heterocycles. The second-order valence-electron chi connectivity index (χ2n) is 10.9. The molecule has 46 heavy (non-hydrogen) atoms. The van der Waals surface area contributed by atoms with Crippen LogP contribution in [0.3, 0.4) is 0 Å². The summed E-state index contributed by atoms with van der Waals surface area (Å²) in [5, 5.41) is 11.4. The van der Waals surface area contributed by atoms with E-state index in [4.69, 9.17) is 14.2 Å². The second-order valence-corrected chi connectivity index (χ2v) is 10.9. The number of ether oxygens (including phenoxy) is 3. The smallest absolute Gasteiger partial charge is 0.255 e. The van der Waals surface area contributed by atoms with E-state index < -0.39 is 29.8 Å². The highest BCUT2D eigenvalue weighted by Gasteiger charge is 2.26. The van der Waals surface area contributed by atoms with Crippen molar-refractivity contribution in [3.8, 4) is 17.2 Å². The average molecular weight is 631 g/mol. The maximum absolute atomic E-state index is 13.4. The number of hydrogen-bond donors (Lipinski definition) is 4. The van der Waals surface area contributed by atoms with Crippen molar-refractivity contribution in [1.82, 2.24) is 21.3 Å². The first-order chi connectivity index (χ1) is 22.4. The molecule has 3 aromatic rings. The van der Waals surface area contributed by atoms with Crippen LogP contribution >= 0.6 is 0 Å². The number of benzene rings is 3. The molecule has 0 bridgehead atoms. The van der Waals surface area contributed by atoms with Gasteiger partial charge in [0.2, 0.25) is 17.7 Å². The van der Waals surface area contributed by atoms with Gasteiger partial charge in [0.15, 0.2) is 11.5 Å². The summed E-state index contributed by atoms with van der Waals surface area (Å²) in [6.07, 6.45) is 2.05. The van der Waals surface area contributed by atoms with Crippen molar-refractivity contribution >= 4 is 23.6 Å². The van der Waals surface area contributed by atoms with E-state index in [-0.39, 0.29) is 30.9 Å². The Morgan fingerprint density at radius 1 is 0.913 bits per heavy atom. The molecule has 0 fully saturated rings. The van der Waals surface area contributed by atoms with Gasteiger partial charge < -0.3 is 35.5 Å². The first-order valence-corrected chi connectivity index (χ1v) is 15.5. The summed E-state index contributed by atoms with van der Waals surface area (Å²) in [6, 6.07) is 20.1. The van der Waals surface area contributed by atoms with Crippen molar-refractivity contribution in [3.63, 3.8) is 0 Å². The standard InChI is InChI=1S/C35H42N4O7/c1-44-30-17-15-25(23-31(30)45-2)12-8-19-36-34(42)27-16-18-32(40)38-28(22-24-10-4-3-5-11-24)35(43)37-20-9-21-46-29-14-7-6-13-26(29)33(41)39-27/h3-7,10-11,13-15,17,23,27-28H,8-9,12,16,18-22H2,1-2H3,(H,36,42)(H,37,43)(H,38,40)(H,39,41)/t27-,28?/m0/s1. The van der Waals surface area contributed by atoms with Gasteiger partial charge >= 0.3 is 0 Å². The van der Waals surface area contributed by atoms with Crippen molar-refractivity contribution in [2.45, 2.75) is 50.6 Å². The normalized spacial score (nSPS) is 17.7. The van der Waals surface area contributed by atoms with Crippen molar-refractivity contribution < 1.29 is 33.4 Å². The Bertz CT molecular complexity index is 1480. The van der Waals surface area contributed by atoms with E-state index in [0.29, 0.717) is 56.0 Å². The minimum absolute atomic E-state index is 0.0295. The fourth-order valence-electron chi connectivity index (χ4n) is 5.14. The molecule has 11 nitrogen and oxygen atoms in total. The minimum Gasteiger partial charge on any atom is -0.493 e. The summed E-state index contributed by atoms with van der Waals surface area (Å²) in [7, 11) is 3.16. The molecule has 2 atom stereocenters. The molecule has 0 radical (unpaired) electrons. The van der Waals surface area contributed by atoms with Gasteiger partial charge in [-0.15, -0.1) is 0 Å². The number of carbonyl (C=O) groups is 4. The quantitative estimate of drug-likeness (QED) is 0.266. The molecule has 0 saturated carbocycles. The van der Waals surface area contributed by atoms with E-state index in [9.17, 15) is 19.2 Å². The first-order valence-electron chi connectivity index (χ1n) is 15.5. The Labute approximate surface area is 269 Å². The molecule has 3 aromatic carbocycles. The van der Waals surface area contributed by atoms with Gasteiger partial charge in [0.1, 0.15) is 17.8 Å².